The van der Waals surface area contributed by atoms with E-state index >= 15 is 0 Å². The maximum absolute atomic E-state index is 13.2. The first-order valence-electron chi connectivity index (χ1n) is 11.2. The van der Waals surface area contributed by atoms with Crippen LogP contribution in [0.25, 0.3) is 10.8 Å². The number of rotatable bonds is 4. The number of thiophene rings is 1. The van der Waals surface area contributed by atoms with Crippen molar-refractivity contribution in [1.82, 2.24) is 9.88 Å². The number of carbonyl (C=O) groups is 1. The van der Waals surface area contributed by atoms with Gasteiger partial charge >= 0.3 is 0 Å². The molecule has 1 amide bonds. The molecule has 1 fully saturated rings. The zero-order valence-electron chi connectivity index (χ0n) is 18.1. The van der Waals surface area contributed by atoms with Gasteiger partial charge in [-0.3, -0.25) is 19.9 Å². The van der Waals surface area contributed by atoms with Crippen LogP contribution in [0.4, 0.5) is 11.4 Å². The molecule has 2 aromatic heterocycles. The second kappa shape index (κ2) is 8.50. The van der Waals surface area contributed by atoms with Crippen LogP contribution in [0.5, 0.6) is 0 Å². The van der Waals surface area contributed by atoms with Gasteiger partial charge in [0.25, 0.3) is 11.6 Å². The summed E-state index contributed by atoms with van der Waals surface area (Å²) in [4.78, 5) is 34.7. The lowest BCUT2D eigenvalue weighted by Crippen LogP contribution is -2.48. The van der Waals surface area contributed by atoms with Crippen molar-refractivity contribution in [2.24, 2.45) is 5.92 Å². The van der Waals surface area contributed by atoms with Crippen molar-refractivity contribution < 1.29 is 9.72 Å². The van der Waals surface area contributed by atoms with Crippen LogP contribution in [0, 0.1) is 16.0 Å². The quantitative estimate of drug-likeness (QED) is 0.426. The number of carbonyl (C=O) groups excluding carboxylic acids is 1. The van der Waals surface area contributed by atoms with E-state index < -0.39 is 0 Å². The highest BCUT2D eigenvalue weighted by atomic mass is 32.1. The second-order valence-electron chi connectivity index (χ2n) is 8.64. The Morgan fingerprint density at radius 3 is 2.78 bits per heavy atom. The van der Waals surface area contributed by atoms with Crippen molar-refractivity contribution in [2.75, 3.05) is 31.1 Å². The molecule has 3 aromatic rings. The fourth-order valence-corrected chi connectivity index (χ4v) is 6.13. The highest BCUT2D eigenvalue weighted by Crippen LogP contribution is 2.35. The van der Waals surface area contributed by atoms with Crippen LogP contribution in [-0.4, -0.2) is 46.9 Å². The van der Waals surface area contributed by atoms with Gasteiger partial charge in [0.05, 0.1) is 15.2 Å². The molecule has 3 heterocycles. The number of benzene rings is 1. The molecule has 7 nitrogen and oxygen atoms in total. The molecule has 0 N–H and O–H groups in total. The first kappa shape index (κ1) is 20.9. The van der Waals surface area contributed by atoms with Gasteiger partial charge in [-0.1, -0.05) is 13.3 Å². The number of hydrogen-bond acceptors (Lipinski definition) is 6. The van der Waals surface area contributed by atoms with Crippen LogP contribution in [0.15, 0.2) is 36.7 Å². The zero-order chi connectivity index (χ0) is 22.2. The number of piperazine rings is 1. The molecule has 8 heteroatoms. The van der Waals surface area contributed by atoms with E-state index in [1.165, 1.54) is 23.3 Å². The summed E-state index contributed by atoms with van der Waals surface area (Å²) in [5.41, 5.74) is 2.40. The number of anilines is 1. The van der Waals surface area contributed by atoms with Gasteiger partial charge in [0.15, 0.2) is 0 Å². The fourth-order valence-electron chi connectivity index (χ4n) is 4.95. The van der Waals surface area contributed by atoms with Crippen molar-refractivity contribution >= 4 is 39.4 Å². The topological polar surface area (TPSA) is 79.6 Å². The fraction of sp³-hybridized carbons (Fsp3) is 0.417. The zero-order valence-corrected chi connectivity index (χ0v) is 18.9. The predicted molar refractivity (Wildman–Crippen MR) is 127 cm³/mol. The molecule has 1 aliphatic heterocycles. The molecule has 0 saturated carbocycles. The van der Waals surface area contributed by atoms with Gasteiger partial charge in [-0.05, 0) is 48.9 Å². The van der Waals surface area contributed by atoms with Gasteiger partial charge in [-0.2, -0.15) is 0 Å². The van der Waals surface area contributed by atoms with Crippen molar-refractivity contribution in [2.45, 2.75) is 32.6 Å². The Morgan fingerprint density at radius 2 is 2.03 bits per heavy atom. The summed E-state index contributed by atoms with van der Waals surface area (Å²) >= 11 is 1.68. The summed E-state index contributed by atoms with van der Waals surface area (Å²) in [6, 6.07) is 7.33. The van der Waals surface area contributed by atoms with Crippen molar-refractivity contribution in [1.29, 1.82) is 0 Å². The van der Waals surface area contributed by atoms with Crippen LogP contribution in [0.2, 0.25) is 0 Å². The minimum atomic E-state index is -0.367. The summed E-state index contributed by atoms with van der Waals surface area (Å²) in [6.07, 6.45) is 7.85. The summed E-state index contributed by atoms with van der Waals surface area (Å²) in [5.74, 6) is 0.880. The molecule has 1 atom stereocenters. The van der Waals surface area contributed by atoms with E-state index in [-0.39, 0.29) is 16.5 Å². The number of hydrogen-bond donors (Lipinski definition) is 0. The Morgan fingerprint density at radius 1 is 1.22 bits per heavy atom. The number of aryl methyl sites for hydroxylation is 1. The highest BCUT2D eigenvalue weighted by molar-refractivity contribution is 7.14. The number of non-ortho nitro benzene ring substituents is 1. The first-order valence-corrected chi connectivity index (χ1v) is 12.0. The van der Waals surface area contributed by atoms with E-state index in [4.69, 9.17) is 0 Å². The van der Waals surface area contributed by atoms with Gasteiger partial charge in [-0.15, -0.1) is 11.3 Å². The minimum Gasteiger partial charge on any atom is -0.367 e. The van der Waals surface area contributed by atoms with Gasteiger partial charge in [-0.25, -0.2) is 0 Å². The Kier molecular flexibility index (Phi) is 5.55. The molecular weight excluding hydrogens is 424 g/mol. The number of pyridine rings is 1. The molecule has 0 radical (unpaired) electrons. The summed E-state index contributed by atoms with van der Waals surface area (Å²) in [7, 11) is 0. The number of amides is 1. The van der Waals surface area contributed by atoms with Crippen LogP contribution >= 0.6 is 11.3 Å². The van der Waals surface area contributed by atoms with E-state index in [2.05, 4.69) is 22.9 Å². The Labute approximate surface area is 190 Å². The summed E-state index contributed by atoms with van der Waals surface area (Å²) in [5, 5.41) is 12.8. The molecule has 5 rings (SSSR count). The molecule has 0 spiro atoms. The number of nitrogens with zero attached hydrogens (tertiary/aromatic N) is 4. The molecular formula is C24H26N4O3S. The van der Waals surface area contributed by atoms with Crippen LogP contribution in [-0.2, 0) is 12.8 Å². The normalized spacial score (nSPS) is 18.6. The summed E-state index contributed by atoms with van der Waals surface area (Å²) < 4.78 is 0. The second-order valence-corrected chi connectivity index (χ2v) is 9.77. The van der Waals surface area contributed by atoms with Crippen molar-refractivity contribution in [3.05, 3.63) is 62.1 Å². The first-order chi connectivity index (χ1) is 15.5. The predicted octanol–water partition coefficient (Wildman–Crippen LogP) is 4.68. The lowest BCUT2D eigenvalue weighted by atomic mass is 9.87. The number of fused-ring (bicyclic) bond motifs is 2. The molecule has 2 aliphatic rings. The van der Waals surface area contributed by atoms with Gasteiger partial charge in [0.2, 0.25) is 0 Å². The number of nitro groups is 1. The largest absolute Gasteiger partial charge is 0.367 e. The third-order valence-corrected chi connectivity index (χ3v) is 8.07. The molecule has 0 bridgehead atoms. The van der Waals surface area contributed by atoms with E-state index in [9.17, 15) is 14.9 Å². The van der Waals surface area contributed by atoms with Crippen LogP contribution in [0.3, 0.4) is 0 Å². The van der Waals surface area contributed by atoms with E-state index in [0.717, 1.165) is 34.7 Å². The van der Waals surface area contributed by atoms with Crippen LogP contribution < -0.4 is 4.90 Å². The van der Waals surface area contributed by atoms with Crippen LogP contribution in [0.1, 0.15) is 39.9 Å². The Hall–Kier alpha value is -3.00. The highest BCUT2D eigenvalue weighted by Gasteiger charge is 2.28. The molecule has 1 aromatic carbocycles. The van der Waals surface area contributed by atoms with Gasteiger partial charge < -0.3 is 9.80 Å². The maximum Gasteiger partial charge on any atom is 0.278 e. The summed E-state index contributed by atoms with van der Waals surface area (Å²) in [6.45, 7) is 4.93. The third-order valence-electron chi connectivity index (χ3n) is 6.85. The van der Waals surface area contributed by atoms with Crippen molar-refractivity contribution in [3.8, 4) is 0 Å². The van der Waals surface area contributed by atoms with Gasteiger partial charge in [0, 0.05) is 60.6 Å². The monoisotopic (exact) mass is 450 g/mol. The molecule has 1 unspecified atom stereocenters. The molecule has 32 heavy (non-hydrogen) atoms. The molecule has 1 aliphatic carbocycles. The average Bonchev–Trinajstić information content (AvgIpc) is 3.26. The van der Waals surface area contributed by atoms with Crippen molar-refractivity contribution in [3.63, 3.8) is 0 Å². The Bertz CT molecular complexity index is 1180. The van der Waals surface area contributed by atoms with Gasteiger partial charge in [0.1, 0.15) is 0 Å². The lowest BCUT2D eigenvalue weighted by Gasteiger charge is -2.36. The smallest absolute Gasteiger partial charge is 0.278 e. The van der Waals surface area contributed by atoms with E-state index in [0.29, 0.717) is 31.6 Å². The minimum absolute atomic E-state index is 0.0673. The van der Waals surface area contributed by atoms with E-state index in [1.807, 2.05) is 17.0 Å². The number of nitro benzene ring substituents is 1. The number of aromatic nitrogens is 1. The SMILES string of the molecule is CCC1CCc2sc(C(=O)N3CCN(c4ccc([N+](=O)[O-])c5cnccc45)CC3)cc2C1. The Balaban J connectivity index is 1.31. The van der Waals surface area contributed by atoms with E-state index in [1.54, 1.807) is 29.8 Å². The molecule has 1 saturated heterocycles. The third kappa shape index (κ3) is 3.72. The molecule has 166 valence electrons. The lowest BCUT2D eigenvalue weighted by molar-refractivity contribution is -0.383. The standard InChI is InChI=1S/C24H26N4O3S/c1-2-16-3-6-22-17(13-16)14-23(32-22)24(29)27-11-9-26(10-12-27)20-4-5-21(28(30)31)19-15-25-8-7-18(19)20/h4-5,7-8,14-16H,2-3,6,9-13H2,1H3. The average molecular weight is 451 g/mol. The maximum atomic E-state index is 13.2.